The van der Waals surface area contributed by atoms with Gasteiger partial charge in [-0.15, -0.1) is 0 Å². The summed E-state index contributed by atoms with van der Waals surface area (Å²) in [5.41, 5.74) is 4.49. The molecule has 0 saturated carbocycles. The summed E-state index contributed by atoms with van der Waals surface area (Å²) >= 11 is 0. The van der Waals surface area contributed by atoms with Crippen molar-refractivity contribution < 1.29 is 4.74 Å². The van der Waals surface area contributed by atoms with Crippen LogP contribution in [0, 0.1) is 0 Å². The average Bonchev–Trinajstić information content (AvgIpc) is 3.21. The minimum atomic E-state index is -1.13. The number of ether oxygens (including phenoxy) is 1. The monoisotopic (exact) mass is 478 g/mol. The second kappa shape index (κ2) is 9.75. The van der Waals surface area contributed by atoms with Gasteiger partial charge in [-0.3, -0.25) is 0 Å². The highest BCUT2D eigenvalue weighted by molar-refractivity contribution is 6.76. The third-order valence-electron chi connectivity index (χ3n) is 7.32. The number of nitrogens with one attached hydrogen (secondary N) is 1. The molecule has 5 heterocycles. The van der Waals surface area contributed by atoms with Crippen molar-refractivity contribution in [3.63, 3.8) is 0 Å². The van der Waals surface area contributed by atoms with Gasteiger partial charge in [-0.1, -0.05) is 26.1 Å². The molecule has 7 nitrogen and oxygen atoms in total. The quantitative estimate of drug-likeness (QED) is 0.384. The van der Waals surface area contributed by atoms with Crippen LogP contribution in [0.4, 0.5) is 5.69 Å². The van der Waals surface area contributed by atoms with E-state index in [9.17, 15) is 0 Å². The number of nitrogens with zero attached hydrogens (tertiary/aromatic N) is 5. The van der Waals surface area contributed by atoms with Crippen molar-refractivity contribution in [2.24, 2.45) is 0 Å². The fourth-order valence-corrected chi connectivity index (χ4v) is 6.22. The lowest BCUT2D eigenvalue weighted by Crippen LogP contribution is -2.59. The lowest BCUT2D eigenvalue weighted by atomic mass is 9.81. The van der Waals surface area contributed by atoms with E-state index in [2.05, 4.69) is 56.7 Å². The van der Waals surface area contributed by atoms with Gasteiger partial charge < -0.3 is 19.5 Å². The summed E-state index contributed by atoms with van der Waals surface area (Å²) in [6, 6.07) is 5.33. The van der Waals surface area contributed by atoms with Crippen LogP contribution in [-0.2, 0) is 11.5 Å². The van der Waals surface area contributed by atoms with Gasteiger partial charge >= 0.3 is 0 Å². The predicted octanol–water partition coefficient (Wildman–Crippen LogP) is 4.92. The molecule has 5 rings (SSSR count). The molecule has 0 bridgehead atoms. The molecule has 0 aliphatic carbocycles. The van der Waals surface area contributed by atoms with Crippen LogP contribution in [0.3, 0.4) is 0 Å². The molecule has 2 aliphatic rings. The Bertz CT molecular complexity index is 1100. The van der Waals surface area contributed by atoms with E-state index in [-0.39, 0.29) is 5.54 Å². The van der Waals surface area contributed by atoms with Gasteiger partial charge in [0.2, 0.25) is 0 Å². The van der Waals surface area contributed by atoms with Gasteiger partial charge in [-0.2, -0.15) is 0 Å². The minimum Gasteiger partial charge on any atom is -0.369 e. The van der Waals surface area contributed by atoms with E-state index in [1.54, 1.807) is 6.33 Å². The second-order valence-corrected chi connectivity index (χ2v) is 16.8. The van der Waals surface area contributed by atoms with E-state index in [0.29, 0.717) is 6.73 Å². The van der Waals surface area contributed by atoms with Gasteiger partial charge in [-0.05, 0) is 50.4 Å². The molecule has 8 heteroatoms. The number of piperidine rings is 2. The van der Waals surface area contributed by atoms with Gasteiger partial charge in [0.15, 0.2) is 0 Å². The van der Waals surface area contributed by atoms with Crippen LogP contribution < -0.4 is 10.2 Å². The summed E-state index contributed by atoms with van der Waals surface area (Å²) in [5, 5.41) is 5.05. The highest BCUT2D eigenvalue weighted by atomic mass is 28.3. The Morgan fingerprint density at radius 3 is 2.74 bits per heavy atom. The second-order valence-electron chi connectivity index (χ2n) is 11.2. The summed E-state index contributed by atoms with van der Waals surface area (Å²) in [4.78, 5) is 16.1. The Balaban J connectivity index is 1.50. The van der Waals surface area contributed by atoms with Crippen LogP contribution in [0.5, 0.6) is 0 Å². The van der Waals surface area contributed by atoms with E-state index in [0.717, 1.165) is 49.2 Å². The molecule has 3 aromatic heterocycles. The van der Waals surface area contributed by atoms with Crippen molar-refractivity contribution in [1.29, 1.82) is 0 Å². The normalized spacial score (nSPS) is 21.4. The maximum Gasteiger partial charge on any atom is 0.144 e. The topological polar surface area (TPSA) is 68.1 Å². The molecule has 0 unspecified atom stereocenters. The van der Waals surface area contributed by atoms with E-state index >= 15 is 0 Å². The lowest BCUT2D eigenvalue weighted by Gasteiger charge is -2.47. The summed E-state index contributed by atoms with van der Waals surface area (Å²) in [6.07, 6.45) is 13.9. The minimum absolute atomic E-state index is 0.240. The molecule has 1 spiro atoms. The standard InChI is InChI=1S/C26H38N6OSi/c1-34(2,3)16-15-33-20-32-17-21(22-7-12-27-19-29-22)24-23(8-13-28-25(24)32)31-14-6-10-26(18-31)9-4-5-11-30-26/h7-8,12-13,17,19,30H,4-6,9-11,14-16,18,20H2,1-3H3/t26-/m0/s1. The predicted molar refractivity (Wildman–Crippen MR) is 141 cm³/mol. The van der Waals surface area contributed by atoms with Crippen molar-refractivity contribution >= 4 is 24.8 Å². The van der Waals surface area contributed by atoms with Crippen molar-refractivity contribution in [3.05, 3.63) is 37.1 Å². The first-order chi connectivity index (χ1) is 16.4. The number of aromatic nitrogens is 4. The van der Waals surface area contributed by atoms with Crippen molar-refractivity contribution in [3.8, 4) is 11.3 Å². The van der Waals surface area contributed by atoms with Gasteiger partial charge in [0.25, 0.3) is 0 Å². The number of rotatable bonds is 7. The zero-order valence-corrected chi connectivity index (χ0v) is 21.9. The first-order valence-electron chi connectivity index (χ1n) is 12.8. The summed E-state index contributed by atoms with van der Waals surface area (Å²) in [5.74, 6) is 0. The number of pyridine rings is 1. The molecule has 0 aromatic carbocycles. The van der Waals surface area contributed by atoms with Gasteiger partial charge in [0.1, 0.15) is 18.7 Å². The highest BCUT2D eigenvalue weighted by Crippen LogP contribution is 2.39. The van der Waals surface area contributed by atoms with Crippen molar-refractivity contribution in [1.82, 2.24) is 24.8 Å². The van der Waals surface area contributed by atoms with Crippen LogP contribution in [0.1, 0.15) is 32.1 Å². The Kier molecular flexibility index (Phi) is 6.73. The zero-order valence-electron chi connectivity index (χ0n) is 20.9. The summed E-state index contributed by atoms with van der Waals surface area (Å²) < 4.78 is 8.28. The maximum atomic E-state index is 6.13. The largest absolute Gasteiger partial charge is 0.369 e. The third kappa shape index (κ3) is 5.04. The van der Waals surface area contributed by atoms with Gasteiger partial charge in [-0.25, -0.2) is 15.0 Å². The van der Waals surface area contributed by atoms with Crippen molar-refractivity contribution in [2.45, 2.75) is 70.1 Å². The average molecular weight is 479 g/mol. The molecule has 2 fully saturated rings. The van der Waals surface area contributed by atoms with E-state index in [1.807, 2.05) is 18.5 Å². The lowest BCUT2D eigenvalue weighted by molar-refractivity contribution is 0.0899. The smallest absolute Gasteiger partial charge is 0.144 e. The summed E-state index contributed by atoms with van der Waals surface area (Å²) in [6.45, 7) is 11.7. The Labute approximate surface area is 204 Å². The number of anilines is 1. The van der Waals surface area contributed by atoms with E-state index in [1.165, 1.54) is 43.2 Å². The number of hydrogen-bond acceptors (Lipinski definition) is 6. The molecule has 0 amide bonds. The number of fused-ring (bicyclic) bond motifs is 1. The Morgan fingerprint density at radius 2 is 1.97 bits per heavy atom. The molecule has 0 radical (unpaired) electrons. The maximum absolute atomic E-state index is 6.13. The van der Waals surface area contributed by atoms with Gasteiger partial charge in [0, 0.05) is 57.5 Å². The van der Waals surface area contributed by atoms with Crippen molar-refractivity contribution in [2.75, 3.05) is 31.1 Å². The molecule has 2 saturated heterocycles. The molecule has 3 aromatic rings. The first kappa shape index (κ1) is 23.4. The van der Waals surface area contributed by atoms with Crippen LogP contribution in [0.2, 0.25) is 25.7 Å². The van der Waals surface area contributed by atoms with Crippen LogP contribution in [0.25, 0.3) is 22.3 Å². The molecule has 1 N–H and O–H groups in total. The number of hydrogen-bond donors (Lipinski definition) is 1. The SMILES string of the molecule is C[Si](C)(C)CCOCn1cc(-c2ccncn2)c2c(N3CCC[C@@]4(CCCCN4)C3)ccnc21. The molecule has 34 heavy (non-hydrogen) atoms. The summed E-state index contributed by atoms with van der Waals surface area (Å²) in [7, 11) is -1.13. The highest BCUT2D eigenvalue weighted by Gasteiger charge is 2.37. The molecular weight excluding hydrogens is 440 g/mol. The molecule has 182 valence electrons. The van der Waals surface area contributed by atoms with E-state index in [4.69, 9.17) is 9.72 Å². The fourth-order valence-electron chi connectivity index (χ4n) is 5.46. The van der Waals surface area contributed by atoms with Gasteiger partial charge in [0.05, 0.1) is 16.8 Å². The Hall–Kier alpha value is -2.29. The van der Waals surface area contributed by atoms with Crippen LogP contribution in [-0.4, -0.2) is 59.4 Å². The third-order valence-corrected chi connectivity index (χ3v) is 9.02. The molecule has 1 atom stereocenters. The van der Waals surface area contributed by atoms with Crippen LogP contribution in [0.15, 0.2) is 37.1 Å². The van der Waals surface area contributed by atoms with Crippen LogP contribution >= 0.6 is 0 Å². The van der Waals surface area contributed by atoms with E-state index < -0.39 is 8.07 Å². The molecular formula is C26H38N6OSi. The first-order valence-corrected chi connectivity index (χ1v) is 16.5. The fraction of sp³-hybridized carbons (Fsp3) is 0.577. The zero-order chi connectivity index (χ0) is 23.6. The Morgan fingerprint density at radius 1 is 1.09 bits per heavy atom. The molecule has 2 aliphatic heterocycles.